The van der Waals surface area contributed by atoms with Crippen LogP contribution < -0.4 is 20.1 Å². The van der Waals surface area contributed by atoms with E-state index in [4.69, 9.17) is 14.2 Å². The lowest BCUT2D eigenvalue weighted by atomic mass is 10.0. The Balaban J connectivity index is 2.07. The Morgan fingerprint density at radius 2 is 1.86 bits per heavy atom. The van der Waals surface area contributed by atoms with Crippen LogP contribution in [0.25, 0.3) is 0 Å². The zero-order valence-corrected chi connectivity index (χ0v) is 21.7. The zero-order valence-electron chi connectivity index (χ0n) is 21.7. The molecule has 1 amide bonds. The lowest BCUT2D eigenvalue weighted by molar-refractivity contribution is -0.384. The highest BCUT2D eigenvalue weighted by atomic mass is 16.6. The first-order valence-corrected chi connectivity index (χ1v) is 11.6. The Labute approximate surface area is 215 Å². The zero-order chi connectivity index (χ0) is 27.2. The normalized spacial score (nSPS) is 11.8. The molecule has 0 bridgehead atoms. The van der Waals surface area contributed by atoms with Crippen molar-refractivity contribution >= 4 is 23.4 Å². The van der Waals surface area contributed by atoms with Gasteiger partial charge >= 0.3 is 11.8 Å². The molecule has 0 aliphatic carbocycles. The summed E-state index contributed by atoms with van der Waals surface area (Å²) in [5.74, 6) is 1.25. The van der Waals surface area contributed by atoms with Gasteiger partial charge in [-0.1, -0.05) is 12.1 Å². The van der Waals surface area contributed by atoms with Crippen molar-refractivity contribution in [3.05, 3.63) is 75.6 Å². The van der Waals surface area contributed by atoms with Crippen LogP contribution in [0, 0.1) is 10.1 Å². The maximum atomic E-state index is 12.6. The summed E-state index contributed by atoms with van der Waals surface area (Å²) in [5, 5.41) is 17.8. The molecule has 2 heterocycles. The molecule has 0 unspecified atom stereocenters. The monoisotopic (exact) mass is 509 g/mol. The topological polar surface area (TPSA) is 138 Å². The van der Waals surface area contributed by atoms with Crippen LogP contribution in [0.15, 0.2) is 48.8 Å². The maximum Gasteiger partial charge on any atom is 0.413 e. The number of carbonyl (C=O) groups excluding carboxylic acids is 1. The number of methoxy groups -OCH3 is 2. The first kappa shape index (κ1) is 27.2. The lowest BCUT2D eigenvalue weighted by Crippen LogP contribution is -2.28. The van der Waals surface area contributed by atoms with Crippen molar-refractivity contribution in [3.63, 3.8) is 0 Å². The minimum absolute atomic E-state index is 0.00198. The minimum Gasteiger partial charge on any atom is -0.497 e. The van der Waals surface area contributed by atoms with Gasteiger partial charge in [-0.15, -0.1) is 0 Å². The van der Waals surface area contributed by atoms with Crippen LogP contribution in [-0.4, -0.2) is 40.8 Å². The molecule has 3 rings (SSSR count). The van der Waals surface area contributed by atoms with Crippen LogP contribution in [0.4, 0.5) is 22.1 Å². The summed E-state index contributed by atoms with van der Waals surface area (Å²) in [7, 11) is 3.06. The molecule has 0 saturated heterocycles. The Hall–Kier alpha value is -4.41. The van der Waals surface area contributed by atoms with Crippen LogP contribution in [0.5, 0.6) is 11.5 Å². The average molecular weight is 510 g/mol. The van der Waals surface area contributed by atoms with Gasteiger partial charge in [0.15, 0.2) is 0 Å². The molecule has 1 atom stereocenters. The number of hydrogen-bond acceptors (Lipinski definition) is 9. The van der Waals surface area contributed by atoms with E-state index in [1.165, 1.54) is 13.2 Å². The van der Waals surface area contributed by atoms with Crippen molar-refractivity contribution < 1.29 is 23.9 Å². The number of carbonyl (C=O) groups is 1. The largest absolute Gasteiger partial charge is 0.497 e. The number of anilines is 2. The molecule has 2 aromatic heterocycles. The van der Waals surface area contributed by atoms with Crippen LogP contribution in [0.1, 0.15) is 50.4 Å². The number of pyridine rings is 2. The van der Waals surface area contributed by atoms with E-state index in [1.807, 2.05) is 13.0 Å². The van der Waals surface area contributed by atoms with Gasteiger partial charge < -0.3 is 19.5 Å². The molecular weight excluding hydrogens is 478 g/mol. The quantitative estimate of drug-likeness (QED) is 0.282. The van der Waals surface area contributed by atoms with Gasteiger partial charge in [-0.25, -0.2) is 9.78 Å². The van der Waals surface area contributed by atoms with Gasteiger partial charge in [0, 0.05) is 36.5 Å². The van der Waals surface area contributed by atoms with E-state index in [9.17, 15) is 14.9 Å². The van der Waals surface area contributed by atoms with E-state index in [1.54, 1.807) is 64.5 Å². The van der Waals surface area contributed by atoms with E-state index in [0.29, 0.717) is 17.1 Å². The van der Waals surface area contributed by atoms with Gasteiger partial charge in [0.05, 0.1) is 25.2 Å². The number of nitrogens with one attached hydrogen (secondary N) is 2. The molecule has 11 heteroatoms. The van der Waals surface area contributed by atoms with Gasteiger partial charge in [0.1, 0.15) is 22.9 Å². The van der Waals surface area contributed by atoms with Crippen molar-refractivity contribution in [1.82, 2.24) is 9.97 Å². The summed E-state index contributed by atoms with van der Waals surface area (Å²) in [4.78, 5) is 32.7. The van der Waals surface area contributed by atoms with E-state index >= 15 is 0 Å². The third-order valence-corrected chi connectivity index (χ3v) is 5.31. The summed E-state index contributed by atoms with van der Waals surface area (Å²) in [6, 6.07) is 9.92. The summed E-state index contributed by atoms with van der Waals surface area (Å²) >= 11 is 0. The van der Waals surface area contributed by atoms with Gasteiger partial charge in [-0.2, -0.15) is 0 Å². The van der Waals surface area contributed by atoms with Gasteiger partial charge in [0.25, 0.3) is 0 Å². The highest BCUT2D eigenvalue weighted by Crippen LogP contribution is 2.34. The fourth-order valence-electron chi connectivity index (χ4n) is 3.55. The van der Waals surface area contributed by atoms with E-state index in [0.717, 1.165) is 11.1 Å². The third-order valence-electron chi connectivity index (χ3n) is 5.31. The maximum absolute atomic E-state index is 12.6. The number of nitro groups is 1. The molecule has 0 aliphatic rings. The third kappa shape index (κ3) is 7.29. The van der Waals surface area contributed by atoms with E-state index < -0.39 is 16.6 Å². The van der Waals surface area contributed by atoms with Gasteiger partial charge in [-0.05, 0) is 51.0 Å². The molecule has 1 aromatic carbocycles. The molecule has 0 spiro atoms. The fraction of sp³-hybridized carbons (Fsp3) is 0.346. The number of amides is 1. The Bertz CT molecular complexity index is 1260. The summed E-state index contributed by atoms with van der Waals surface area (Å²) < 4.78 is 16.1. The van der Waals surface area contributed by atoms with Crippen molar-refractivity contribution in [3.8, 4) is 11.5 Å². The van der Waals surface area contributed by atoms with Crippen molar-refractivity contribution in [2.45, 2.75) is 45.8 Å². The molecule has 0 fully saturated rings. The Morgan fingerprint density at radius 1 is 1.11 bits per heavy atom. The standard InChI is InChI=1S/C26H31N5O6/c1-16(18-8-7-11-27-15-18)28-24-21(31(33)34)13-19(23(29-24)30-25(32)37-26(2,3)4)12-17-9-10-20(35-5)14-22(17)36-6/h7-11,13-16H,12H2,1-6H3,(H2,28,29,30,32)/t16-/m1/s1. The molecule has 196 valence electrons. The second-order valence-corrected chi connectivity index (χ2v) is 9.25. The highest BCUT2D eigenvalue weighted by molar-refractivity contribution is 5.85. The summed E-state index contributed by atoms with van der Waals surface area (Å²) in [6.45, 7) is 7.05. The summed E-state index contributed by atoms with van der Waals surface area (Å²) in [6.07, 6.45) is 2.75. The predicted octanol–water partition coefficient (Wildman–Crippen LogP) is 5.51. The van der Waals surface area contributed by atoms with Crippen LogP contribution in [0.2, 0.25) is 0 Å². The SMILES string of the molecule is COc1ccc(Cc2cc([N+](=O)[O-])c(N[C@H](C)c3cccnc3)nc2NC(=O)OC(C)(C)C)c(OC)c1. The average Bonchev–Trinajstić information content (AvgIpc) is 2.84. The predicted molar refractivity (Wildman–Crippen MR) is 139 cm³/mol. The molecule has 0 saturated carbocycles. The molecule has 3 aromatic rings. The number of ether oxygens (including phenoxy) is 3. The van der Waals surface area contributed by atoms with Gasteiger partial charge in [-0.3, -0.25) is 20.4 Å². The molecule has 2 N–H and O–H groups in total. The summed E-state index contributed by atoms with van der Waals surface area (Å²) in [5.41, 5.74) is 0.942. The molecule has 0 radical (unpaired) electrons. The highest BCUT2D eigenvalue weighted by Gasteiger charge is 2.25. The number of aromatic nitrogens is 2. The van der Waals surface area contributed by atoms with Crippen LogP contribution in [0.3, 0.4) is 0 Å². The van der Waals surface area contributed by atoms with Crippen LogP contribution >= 0.6 is 0 Å². The van der Waals surface area contributed by atoms with E-state index in [-0.39, 0.29) is 29.8 Å². The Morgan fingerprint density at radius 3 is 2.46 bits per heavy atom. The lowest BCUT2D eigenvalue weighted by Gasteiger charge is -2.21. The van der Waals surface area contributed by atoms with Crippen LogP contribution in [-0.2, 0) is 11.2 Å². The van der Waals surface area contributed by atoms with Crippen molar-refractivity contribution in [1.29, 1.82) is 0 Å². The number of nitrogens with zero attached hydrogens (tertiary/aromatic N) is 3. The first-order valence-electron chi connectivity index (χ1n) is 11.6. The van der Waals surface area contributed by atoms with Crippen molar-refractivity contribution in [2.75, 3.05) is 24.9 Å². The number of rotatable bonds is 9. The van der Waals surface area contributed by atoms with E-state index in [2.05, 4.69) is 20.6 Å². The first-order chi connectivity index (χ1) is 17.5. The van der Waals surface area contributed by atoms with Crippen molar-refractivity contribution in [2.24, 2.45) is 0 Å². The molecule has 0 aliphatic heterocycles. The number of benzene rings is 1. The van der Waals surface area contributed by atoms with Gasteiger partial charge in [0.2, 0.25) is 5.82 Å². The molecule has 37 heavy (non-hydrogen) atoms. The molecular formula is C26H31N5O6. The minimum atomic E-state index is -0.750. The molecule has 11 nitrogen and oxygen atoms in total. The number of hydrogen-bond donors (Lipinski definition) is 2. The Kier molecular flexibility index (Phi) is 8.49. The smallest absolute Gasteiger partial charge is 0.413 e. The second-order valence-electron chi connectivity index (χ2n) is 9.25. The fourth-order valence-corrected chi connectivity index (χ4v) is 3.55. The second kappa shape index (κ2) is 11.5.